The third kappa shape index (κ3) is 5.64. The van der Waals surface area contributed by atoms with Gasteiger partial charge in [0.05, 0.1) is 0 Å². The van der Waals surface area contributed by atoms with Crippen LogP contribution < -0.4 is 0 Å². The third-order valence-electron chi connectivity index (χ3n) is 2.75. The predicted octanol–water partition coefficient (Wildman–Crippen LogP) is 5.67. The first-order chi connectivity index (χ1) is 8.31. The van der Waals surface area contributed by atoms with E-state index < -0.39 is 20.8 Å². The topological polar surface area (TPSA) is 0 Å². The van der Waals surface area contributed by atoms with Gasteiger partial charge in [0, 0.05) is 0 Å². The minimum absolute atomic E-state index is 0.826. The average molecular weight is 347 g/mol. The molecule has 92 valence electrons. The van der Waals surface area contributed by atoms with E-state index in [4.69, 9.17) is 17.0 Å². The summed E-state index contributed by atoms with van der Waals surface area (Å²) < 4.78 is 0. The Hall–Kier alpha value is 0.293. The molecule has 2 rings (SSSR count). The second kappa shape index (κ2) is 9.25. The maximum absolute atomic E-state index is 4.93. The summed E-state index contributed by atoms with van der Waals surface area (Å²) in [5, 5.41) is 2.78. The molecule has 0 radical (unpaired) electrons. The van der Waals surface area contributed by atoms with Crippen molar-refractivity contribution in [3.8, 4) is 0 Å². The van der Waals surface area contributed by atoms with Crippen LogP contribution in [0, 0.1) is 0 Å². The Balaban J connectivity index is 0.000000437. The van der Waals surface area contributed by atoms with Crippen molar-refractivity contribution in [2.75, 3.05) is 0 Å². The molecule has 0 saturated carbocycles. The molecule has 0 aliphatic rings. The fourth-order valence-corrected chi connectivity index (χ4v) is 1.94. The van der Waals surface area contributed by atoms with Gasteiger partial charge in [-0.05, 0) is 6.42 Å². The summed E-state index contributed by atoms with van der Waals surface area (Å²) in [4.78, 5) is 0. The van der Waals surface area contributed by atoms with Crippen LogP contribution in [0.4, 0.5) is 0 Å². The van der Waals surface area contributed by atoms with Gasteiger partial charge in [-0.2, -0.15) is 6.07 Å². The van der Waals surface area contributed by atoms with E-state index in [0.717, 1.165) is 0 Å². The van der Waals surface area contributed by atoms with Crippen molar-refractivity contribution in [1.82, 2.24) is 0 Å². The van der Waals surface area contributed by atoms with Crippen LogP contribution in [0.1, 0.15) is 31.7 Å². The number of benzene rings is 1. The van der Waals surface area contributed by atoms with E-state index in [0.29, 0.717) is 0 Å². The maximum atomic E-state index is 4.93. The van der Waals surface area contributed by atoms with Crippen LogP contribution in [0.5, 0.6) is 0 Å². The van der Waals surface area contributed by atoms with Crippen LogP contribution in [0.3, 0.4) is 0 Å². The van der Waals surface area contributed by atoms with E-state index in [1.54, 1.807) is 0 Å². The van der Waals surface area contributed by atoms with E-state index >= 15 is 0 Å². The molecule has 0 unspecified atom stereocenters. The molecule has 17 heavy (non-hydrogen) atoms. The van der Waals surface area contributed by atoms with Crippen molar-refractivity contribution in [1.29, 1.82) is 0 Å². The molecule has 0 aliphatic heterocycles. The van der Waals surface area contributed by atoms with Crippen molar-refractivity contribution >= 4 is 27.8 Å². The molecule has 0 amide bonds. The Labute approximate surface area is 122 Å². The standard InChI is InChI=1S/C14H17.2ClH.Zr/c1-2-3-4-7-12-10-13-8-5-6-9-14(13)11-12;;;/h5-6,8-11H,2-4,7H2,1H3;2*1H;/q-1;;;+2/p-2. The Morgan fingerprint density at radius 3 is 2.53 bits per heavy atom. The summed E-state index contributed by atoms with van der Waals surface area (Å²) in [6.45, 7) is 2.25. The summed E-state index contributed by atoms with van der Waals surface area (Å²) in [6.07, 6.45) is 5.22. The van der Waals surface area contributed by atoms with Crippen LogP contribution in [0.25, 0.3) is 10.8 Å². The zero-order chi connectivity index (χ0) is 12.5. The fourth-order valence-electron chi connectivity index (χ4n) is 1.94. The Morgan fingerprint density at radius 1 is 1.18 bits per heavy atom. The number of halogens is 2. The summed E-state index contributed by atoms with van der Waals surface area (Å²) in [7, 11) is 9.87. The molecule has 2 aromatic carbocycles. The van der Waals surface area contributed by atoms with Crippen LogP contribution >= 0.6 is 17.0 Å². The number of unbranched alkanes of at least 4 members (excludes halogenated alkanes) is 2. The molecule has 0 N–H and O–H groups in total. The minimum atomic E-state index is -0.826. The van der Waals surface area contributed by atoms with Gasteiger partial charge >= 0.3 is 37.9 Å². The van der Waals surface area contributed by atoms with Gasteiger partial charge in [-0.3, -0.25) is 0 Å². The molecule has 0 saturated heterocycles. The molecule has 0 atom stereocenters. The number of hydrogen-bond acceptors (Lipinski definition) is 0. The molecule has 0 fully saturated rings. The molecule has 3 heteroatoms. The molecular formula is C14H17Cl2Zr-. The van der Waals surface area contributed by atoms with Crippen LogP contribution in [0.2, 0.25) is 0 Å². The van der Waals surface area contributed by atoms with Gasteiger partial charge in [0.15, 0.2) is 0 Å². The molecule has 0 nitrogen and oxygen atoms in total. The van der Waals surface area contributed by atoms with Crippen molar-refractivity contribution < 1.29 is 20.8 Å². The second-order valence-electron chi connectivity index (χ2n) is 4.02. The number of rotatable bonds is 4. The van der Waals surface area contributed by atoms with E-state index in [1.165, 1.54) is 42.0 Å². The van der Waals surface area contributed by atoms with E-state index in [9.17, 15) is 0 Å². The first-order valence-electron chi connectivity index (χ1n) is 5.92. The quantitative estimate of drug-likeness (QED) is 0.494. The Bertz CT molecular complexity index is 390. The van der Waals surface area contributed by atoms with Crippen LogP contribution in [0.15, 0.2) is 36.4 Å². The number of fused-ring (bicyclic) bond motifs is 1. The zero-order valence-electron chi connectivity index (χ0n) is 10.0. The van der Waals surface area contributed by atoms with Crippen molar-refractivity contribution in [2.24, 2.45) is 0 Å². The third-order valence-corrected chi connectivity index (χ3v) is 2.75. The van der Waals surface area contributed by atoms with E-state index in [2.05, 4.69) is 43.3 Å². The van der Waals surface area contributed by atoms with Crippen LogP contribution in [-0.2, 0) is 27.3 Å². The van der Waals surface area contributed by atoms with Gasteiger partial charge in [-0.1, -0.05) is 32.3 Å². The number of hydrogen-bond donors (Lipinski definition) is 0. The molecule has 0 heterocycles. The van der Waals surface area contributed by atoms with Crippen LogP contribution in [-0.4, -0.2) is 0 Å². The molecule has 0 bridgehead atoms. The summed E-state index contributed by atoms with van der Waals surface area (Å²) in [5.41, 5.74) is 1.50. The van der Waals surface area contributed by atoms with E-state index in [-0.39, 0.29) is 0 Å². The molecular weight excluding hydrogens is 330 g/mol. The van der Waals surface area contributed by atoms with Gasteiger partial charge in [0.1, 0.15) is 0 Å². The van der Waals surface area contributed by atoms with Crippen molar-refractivity contribution in [2.45, 2.75) is 32.6 Å². The van der Waals surface area contributed by atoms with Gasteiger partial charge in [-0.25, -0.2) is 0 Å². The van der Waals surface area contributed by atoms with Crippen molar-refractivity contribution in [3.05, 3.63) is 42.0 Å². The molecule has 0 aromatic heterocycles. The monoisotopic (exact) mass is 345 g/mol. The van der Waals surface area contributed by atoms with Gasteiger partial charge < -0.3 is 0 Å². The summed E-state index contributed by atoms with van der Waals surface area (Å²) in [6, 6.07) is 13.3. The number of aryl methyl sites for hydroxylation is 1. The van der Waals surface area contributed by atoms with E-state index in [1.807, 2.05) is 0 Å². The summed E-state index contributed by atoms with van der Waals surface area (Å²) >= 11 is -0.826. The molecule has 0 spiro atoms. The first-order valence-corrected chi connectivity index (χ1v) is 12.3. The first kappa shape index (κ1) is 15.4. The molecule has 0 aliphatic carbocycles. The summed E-state index contributed by atoms with van der Waals surface area (Å²) in [5.74, 6) is 0. The van der Waals surface area contributed by atoms with Gasteiger partial charge in [0.2, 0.25) is 0 Å². The second-order valence-corrected chi connectivity index (χ2v) is 7.75. The van der Waals surface area contributed by atoms with Gasteiger partial charge in [-0.15, -0.1) is 40.6 Å². The average Bonchev–Trinajstić information content (AvgIpc) is 2.73. The fraction of sp³-hybridized carbons (Fsp3) is 0.357. The predicted molar refractivity (Wildman–Crippen MR) is 74.5 cm³/mol. The molecule has 2 aromatic rings. The normalized spacial score (nSPS) is 9.82. The zero-order valence-corrected chi connectivity index (χ0v) is 14.0. The Kier molecular flexibility index (Phi) is 8.36. The SMILES string of the molecule is CCCCCc1cc2ccccc2[cH-]1.[Cl][Zr][Cl]. The Morgan fingerprint density at radius 2 is 1.88 bits per heavy atom. The van der Waals surface area contributed by atoms with Gasteiger partial charge in [0.25, 0.3) is 0 Å². The van der Waals surface area contributed by atoms with Crippen molar-refractivity contribution in [3.63, 3.8) is 0 Å².